The quantitative estimate of drug-likeness (QED) is 0.746. The van der Waals surface area contributed by atoms with Crippen LogP contribution in [0.4, 0.5) is 8.78 Å². The van der Waals surface area contributed by atoms with Crippen LogP contribution in [0.15, 0.2) is 18.2 Å². The van der Waals surface area contributed by atoms with E-state index in [4.69, 9.17) is 9.84 Å². The van der Waals surface area contributed by atoms with Crippen molar-refractivity contribution in [1.29, 1.82) is 0 Å². The van der Waals surface area contributed by atoms with Gasteiger partial charge in [0.25, 0.3) is 0 Å². The number of ether oxygens (including phenoxy) is 2. The zero-order chi connectivity index (χ0) is 14.3. The smallest absolute Gasteiger partial charge is 0.387 e. The number of hydrogen-bond donors (Lipinski definition) is 1. The number of methoxy groups -OCH3 is 1. The molecule has 0 spiro atoms. The Balaban J connectivity index is 2.58. The van der Waals surface area contributed by atoms with Crippen LogP contribution in [0.2, 0.25) is 0 Å². The van der Waals surface area contributed by atoms with E-state index in [2.05, 4.69) is 4.74 Å². The number of aliphatic carboxylic acids is 1. The molecule has 1 rings (SSSR count). The Labute approximate surface area is 113 Å². The number of benzene rings is 1. The molecule has 0 bridgehead atoms. The summed E-state index contributed by atoms with van der Waals surface area (Å²) in [4.78, 5) is 10.3. The van der Waals surface area contributed by atoms with Gasteiger partial charge in [0.2, 0.25) is 0 Å². The monoisotopic (exact) mass is 292 g/mol. The third kappa shape index (κ3) is 5.78. The van der Waals surface area contributed by atoms with Crippen molar-refractivity contribution in [2.24, 2.45) is 0 Å². The first-order valence-electron chi connectivity index (χ1n) is 5.44. The van der Waals surface area contributed by atoms with E-state index in [1.54, 1.807) is 12.1 Å². The van der Waals surface area contributed by atoms with Gasteiger partial charge in [-0.1, -0.05) is 6.07 Å². The van der Waals surface area contributed by atoms with E-state index in [9.17, 15) is 13.6 Å². The summed E-state index contributed by atoms with van der Waals surface area (Å²) in [7, 11) is 1.37. The number of hydrogen-bond acceptors (Lipinski definition) is 4. The van der Waals surface area contributed by atoms with Gasteiger partial charge in [0.05, 0.1) is 13.5 Å². The van der Waals surface area contributed by atoms with Crippen molar-refractivity contribution >= 4 is 17.7 Å². The van der Waals surface area contributed by atoms with Gasteiger partial charge in [-0.25, -0.2) is 0 Å². The molecule has 0 radical (unpaired) electrons. The molecule has 0 aromatic heterocycles. The topological polar surface area (TPSA) is 55.8 Å². The van der Waals surface area contributed by atoms with E-state index in [1.165, 1.54) is 24.9 Å². The van der Waals surface area contributed by atoms with Crippen molar-refractivity contribution in [3.63, 3.8) is 0 Å². The predicted octanol–water partition coefficient (Wildman–Crippen LogP) is 3.00. The summed E-state index contributed by atoms with van der Waals surface area (Å²) in [6.45, 7) is -2.90. The number of carboxylic acids is 1. The van der Waals surface area contributed by atoms with Gasteiger partial charge in [0, 0.05) is 11.5 Å². The molecule has 19 heavy (non-hydrogen) atoms. The van der Waals surface area contributed by atoms with Crippen LogP contribution in [0.1, 0.15) is 12.0 Å². The molecular weight excluding hydrogens is 278 g/mol. The number of rotatable bonds is 8. The highest BCUT2D eigenvalue weighted by atomic mass is 32.2. The van der Waals surface area contributed by atoms with Crippen LogP contribution in [-0.4, -0.2) is 30.5 Å². The van der Waals surface area contributed by atoms with Crippen molar-refractivity contribution in [2.75, 3.05) is 12.9 Å². The molecule has 0 atom stereocenters. The molecule has 0 fully saturated rings. The number of alkyl halides is 2. The number of carboxylic acid groups (broad SMARTS) is 1. The van der Waals surface area contributed by atoms with Crippen molar-refractivity contribution in [1.82, 2.24) is 0 Å². The first-order valence-corrected chi connectivity index (χ1v) is 6.59. The lowest BCUT2D eigenvalue weighted by Crippen LogP contribution is -2.03. The Bertz CT molecular complexity index is 426. The number of thioether (sulfide) groups is 1. The summed E-state index contributed by atoms with van der Waals surface area (Å²) in [6.07, 6.45) is 0.0916. The van der Waals surface area contributed by atoms with Gasteiger partial charge in [-0.2, -0.15) is 20.5 Å². The summed E-state index contributed by atoms with van der Waals surface area (Å²) in [6, 6.07) is 4.66. The predicted molar refractivity (Wildman–Crippen MR) is 68.0 cm³/mol. The van der Waals surface area contributed by atoms with Crippen LogP contribution < -0.4 is 9.47 Å². The van der Waals surface area contributed by atoms with Gasteiger partial charge in [0.1, 0.15) is 0 Å². The molecule has 0 saturated heterocycles. The molecule has 0 unspecified atom stereocenters. The second-order valence-electron chi connectivity index (χ2n) is 3.56. The molecular formula is C12H14F2O4S. The Morgan fingerprint density at radius 3 is 2.74 bits per heavy atom. The molecule has 1 aromatic rings. The third-order valence-corrected chi connectivity index (χ3v) is 3.20. The zero-order valence-electron chi connectivity index (χ0n) is 10.3. The maximum Gasteiger partial charge on any atom is 0.387 e. The van der Waals surface area contributed by atoms with E-state index in [0.29, 0.717) is 11.5 Å². The molecule has 0 aliphatic rings. The first kappa shape index (κ1) is 15.6. The van der Waals surface area contributed by atoms with E-state index < -0.39 is 12.6 Å². The van der Waals surface area contributed by atoms with E-state index in [1.807, 2.05) is 0 Å². The third-order valence-electron chi connectivity index (χ3n) is 2.17. The summed E-state index contributed by atoms with van der Waals surface area (Å²) < 4.78 is 33.5. The van der Waals surface area contributed by atoms with Crippen molar-refractivity contribution in [3.05, 3.63) is 23.8 Å². The minimum absolute atomic E-state index is 0.0169. The van der Waals surface area contributed by atoms with Gasteiger partial charge in [-0.3, -0.25) is 4.79 Å². The summed E-state index contributed by atoms with van der Waals surface area (Å²) in [5.74, 6) is 0.449. The van der Waals surface area contributed by atoms with Crippen molar-refractivity contribution < 1.29 is 28.2 Å². The van der Waals surface area contributed by atoms with Crippen LogP contribution >= 0.6 is 11.8 Å². The van der Waals surface area contributed by atoms with Crippen LogP contribution in [0, 0.1) is 0 Å². The molecule has 1 aromatic carbocycles. The fourth-order valence-corrected chi connectivity index (χ4v) is 2.22. The minimum Gasteiger partial charge on any atom is -0.493 e. The average molecular weight is 292 g/mol. The SMILES string of the molecule is COc1cc(CSCCC(=O)O)ccc1OC(F)F. The normalized spacial score (nSPS) is 10.5. The van der Waals surface area contributed by atoms with Crippen LogP contribution in [0.3, 0.4) is 0 Å². The molecule has 0 heterocycles. The second kappa shape index (κ2) is 7.83. The minimum atomic E-state index is -2.90. The summed E-state index contributed by atoms with van der Waals surface area (Å²) in [5, 5.41) is 8.49. The Morgan fingerprint density at radius 2 is 2.16 bits per heavy atom. The van der Waals surface area contributed by atoms with Crippen LogP contribution in [0.5, 0.6) is 11.5 Å². The van der Waals surface area contributed by atoms with Crippen molar-refractivity contribution in [2.45, 2.75) is 18.8 Å². The van der Waals surface area contributed by atoms with Gasteiger partial charge in [0.15, 0.2) is 11.5 Å². The Morgan fingerprint density at radius 1 is 1.42 bits per heavy atom. The Hall–Kier alpha value is -1.50. The average Bonchev–Trinajstić information content (AvgIpc) is 2.35. The van der Waals surface area contributed by atoms with Crippen LogP contribution in [-0.2, 0) is 10.5 Å². The van der Waals surface area contributed by atoms with E-state index >= 15 is 0 Å². The lowest BCUT2D eigenvalue weighted by Gasteiger charge is -2.11. The molecule has 7 heteroatoms. The molecule has 0 aliphatic carbocycles. The highest BCUT2D eigenvalue weighted by Gasteiger charge is 2.11. The van der Waals surface area contributed by atoms with Gasteiger partial charge < -0.3 is 14.6 Å². The highest BCUT2D eigenvalue weighted by Crippen LogP contribution is 2.30. The molecule has 0 aliphatic heterocycles. The zero-order valence-corrected chi connectivity index (χ0v) is 11.1. The second-order valence-corrected chi connectivity index (χ2v) is 4.67. The van der Waals surface area contributed by atoms with Crippen LogP contribution in [0.25, 0.3) is 0 Å². The summed E-state index contributed by atoms with van der Waals surface area (Å²) in [5.41, 5.74) is 0.855. The maximum atomic E-state index is 12.1. The maximum absolute atomic E-state index is 12.1. The number of halogens is 2. The summed E-state index contributed by atoms with van der Waals surface area (Å²) >= 11 is 1.45. The molecule has 0 saturated carbocycles. The van der Waals surface area contributed by atoms with Gasteiger partial charge in [-0.15, -0.1) is 0 Å². The fourth-order valence-electron chi connectivity index (χ4n) is 1.34. The number of carbonyl (C=O) groups is 1. The lowest BCUT2D eigenvalue weighted by molar-refractivity contribution is -0.136. The van der Waals surface area contributed by atoms with Gasteiger partial charge in [-0.05, 0) is 17.7 Å². The van der Waals surface area contributed by atoms with E-state index in [-0.39, 0.29) is 17.9 Å². The molecule has 1 N–H and O–H groups in total. The van der Waals surface area contributed by atoms with Gasteiger partial charge >= 0.3 is 12.6 Å². The molecule has 0 amide bonds. The first-order chi connectivity index (χ1) is 9.02. The fraction of sp³-hybridized carbons (Fsp3) is 0.417. The molecule has 4 nitrogen and oxygen atoms in total. The largest absolute Gasteiger partial charge is 0.493 e. The Kier molecular flexibility index (Phi) is 6.41. The van der Waals surface area contributed by atoms with Crippen molar-refractivity contribution in [3.8, 4) is 11.5 Å². The van der Waals surface area contributed by atoms with E-state index in [0.717, 1.165) is 5.56 Å². The standard InChI is InChI=1S/C12H14F2O4S/c1-17-10-6-8(7-19-5-4-11(15)16)2-3-9(10)18-12(13)14/h2-3,6,12H,4-5,7H2,1H3,(H,15,16). The lowest BCUT2D eigenvalue weighted by atomic mass is 10.2. The molecule has 106 valence electrons. The highest BCUT2D eigenvalue weighted by molar-refractivity contribution is 7.98.